The van der Waals surface area contributed by atoms with E-state index in [4.69, 9.17) is 5.11 Å². The number of fused-ring (bicyclic) bond motifs is 1. The molecule has 2 heterocycles. The number of carbonyl (C=O) groups is 1. The van der Waals surface area contributed by atoms with Gasteiger partial charge in [-0.3, -0.25) is 9.78 Å². The Morgan fingerprint density at radius 3 is 2.83 bits per heavy atom. The molecule has 1 fully saturated rings. The van der Waals surface area contributed by atoms with Gasteiger partial charge in [0, 0.05) is 18.9 Å². The number of anilines is 1. The molecule has 0 atom stereocenters. The molecule has 1 aliphatic carbocycles. The van der Waals surface area contributed by atoms with E-state index in [2.05, 4.69) is 20.3 Å². The first-order valence-electron chi connectivity index (χ1n) is 5.75. The van der Waals surface area contributed by atoms with Gasteiger partial charge < -0.3 is 10.4 Å². The zero-order valence-corrected chi connectivity index (χ0v) is 9.63. The molecule has 6 nitrogen and oxygen atoms in total. The third-order valence-electron chi connectivity index (χ3n) is 3.25. The Labute approximate surface area is 103 Å². The number of carboxylic acids is 1. The van der Waals surface area contributed by atoms with Crippen LogP contribution in [0.3, 0.4) is 0 Å². The van der Waals surface area contributed by atoms with E-state index in [9.17, 15) is 4.79 Å². The molecule has 0 unspecified atom stereocenters. The van der Waals surface area contributed by atoms with Crippen molar-refractivity contribution in [3.05, 3.63) is 24.5 Å². The maximum atomic E-state index is 11.0. The van der Waals surface area contributed by atoms with Crippen LogP contribution in [0.1, 0.15) is 12.8 Å². The molecule has 0 spiro atoms. The summed E-state index contributed by atoms with van der Waals surface area (Å²) >= 11 is 0. The summed E-state index contributed by atoms with van der Waals surface area (Å²) in [5, 5.41) is 12.1. The van der Waals surface area contributed by atoms with E-state index in [-0.39, 0.29) is 0 Å². The van der Waals surface area contributed by atoms with Crippen LogP contribution in [-0.4, -0.2) is 32.6 Å². The first-order chi connectivity index (χ1) is 8.70. The van der Waals surface area contributed by atoms with Crippen molar-refractivity contribution < 1.29 is 9.90 Å². The fraction of sp³-hybridized carbons (Fsp3) is 0.333. The van der Waals surface area contributed by atoms with Gasteiger partial charge in [-0.05, 0) is 25.0 Å². The van der Waals surface area contributed by atoms with Crippen molar-refractivity contribution in [1.82, 2.24) is 15.0 Å². The second kappa shape index (κ2) is 3.90. The van der Waals surface area contributed by atoms with Crippen molar-refractivity contribution in [2.45, 2.75) is 12.8 Å². The molecule has 0 radical (unpaired) electrons. The molecule has 0 aromatic carbocycles. The van der Waals surface area contributed by atoms with E-state index < -0.39 is 11.4 Å². The van der Waals surface area contributed by atoms with E-state index in [0.29, 0.717) is 18.0 Å². The summed E-state index contributed by atoms with van der Waals surface area (Å²) in [5.74, 6) is -0.105. The van der Waals surface area contributed by atoms with Gasteiger partial charge >= 0.3 is 5.97 Å². The van der Waals surface area contributed by atoms with E-state index in [1.54, 1.807) is 18.5 Å². The van der Waals surface area contributed by atoms with E-state index >= 15 is 0 Å². The summed E-state index contributed by atoms with van der Waals surface area (Å²) < 4.78 is 0. The number of pyridine rings is 1. The van der Waals surface area contributed by atoms with Gasteiger partial charge in [0.2, 0.25) is 0 Å². The number of nitrogens with zero attached hydrogens (tertiary/aromatic N) is 3. The first kappa shape index (κ1) is 10.9. The summed E-state index contributed by atoms with van der Waals surface area (Å²) in [6.07, 6.45) is 4.64. The molecule has 0 amide bonds. The number of nitrogens with one attached hydrogen (secondary N) is 1. The SMILES string of the molecule is O=C(O)C1(CNc2ccc3nccnc3n2)CC1. The average molecular weight is 244 g/mol. The zero-order chi connectivity index (χ0) is 12.6. The summed E-state index contributed by atoms with van der Waals surface area (Å²) in [5.41, 5.74) is 0.684. The van der Waals surface area contributed by atoms with E-state index in [0.717, 1.165) is 18.4 Å². The smallest absolute Gasteiger partial charge is 0.311 e. The molecular formula is C12H12N4O2. The third kappa shape index (κ3) is 1.85. The highest BCUT2D eigenvalue weighted by Gasteiger charge is 2.50. The van der Waals surface area contributed by atoms with Gasteiger partial charge in [-0.15, -0.1) is 0 Å². The molecule has 0 aliphatic heterocycles. The molecule has 6 heteroatoms. The second-order valence-corrected chi connectivity index (χ2v) is 4.53. The Morgan fingerprint density at radius 2 is 2.11 bits per heavy atom. The van der Waals surface area contributed by atoms with Gasteiger partial charge in [0.25, 0.3) is 0 Å². The van der Waals surface area contributed by atoms with E-state index in [1.807, 2.05) is 6.07 Å². The maximum absolute atomic E-state index is 11.0. The number of hydrogen-bond donors (Lipinski definition) is 2. The van der Waals surface area contributed by atoms with Crippen LogP contribution in [-0.2, 0) is 4.79 Å². The summed E-state index contributed by atoms with van der Waals surface area (Å²) in [6, 6.07) is 3.60. The number of aliphatic carboxylic acids is 1. The van der Waals surface area contributed by atoms with Gasteiger partial charge in [-0.25, -0.2) is 9.97 Å². The topological polar surface area (TPSA) is 88.0 Å². The van der Waals surface area contributed by atoms with Crippen molar-refractivity contribution in [2.75, 3.05) is 11.9 Å². The van der Waals surface area contributed by atoms with Crippen LogP contribution in [0.4, 0.5) is 5.82 Å². The van der Waals surface area contributed by atoms with Gasteiger partial charge in [0.1, 0.15) is 11.3 Å². The molecule has 0 bridgehead atoms. The Balaban J connectivity index is 1.77. The Kier molecular flexibility index (Phi) is 2.36. The molecule has 18 heavy (non-hydrogen) atoms. The largest absolute Gasteiger partial charge is 0.481 e. The lowest BCUT2D eigenvalue weighted by molar-refractivity contribution is -0.142. The number of hydrogen-bond acceptors (Lipinski definition) is 5. The van der Waals surface area contributed by atoms with Crippen molar-refractivity contribution in [2.24, 2.45) is 5.41 Å². The van der Waals surface area contributed by atoms with Crippen molar-refractivity contribution in [1.29, 1.82) is 0 Å². The Bertz CT molecular complexity index is 610. The Hall–Kier alpha value is -2.24. The molecule has 1 aliphatic rings. The lowest BCUT2D eigenvalue weighted by Gasteiger charge is -2.11. The quantitative estimate of drug-likeness (QED) is 0.842. The van der Waals surface area contributed by atoms with E-state index in [1.165, 1.54) is 0 Å². The molecule has 2 aromatic rings. The second-order valence-electron chi connectivity index (χ2n) is 4.53. The predicted octanol–water partition coefficient (Wildman–Crippen LogP) is 1.30. The van der Waals surface area contributed by atoms with Crippen LogP contribution in [0.15, 0.2) is 24.5 Å². The van der Waals surface area contributed by atoms with Gasteiger partial charge in [0.05, 0.1) is 5.41 Å². The molecular weight excluding hydrogens is 232 g/mol. The number of aromatic nitrogens is 3. The number of carboxylic acid groups (broad SMARTS) is 1. The monoisotopic (exact) mass is 244 g/mol. The Morgan fingerprint density at radius 1 is 1.33 bits per heavy atom. The minimum atomic E-state index is -0.740. The van der Waals surface area contributed by atoms with Crippen molar-refractivity contribution in [3.8, 4) is 0 Å². The molecule has 1 saturated carbocycles. The maximum Gasteiger partial charge on any atom is 0.311 e. The summed E-state index contributed by atoms with van der Waals surface area (Å²) in [6.45, 7) is 0.404. The highest BCUT2D eigenvalue weighted by atomic mass is 16.4. The fourth-order valence-electron chi connectivity index (χ4n) is 1.83. The van der Waals surface area contributed by atoms with Crippen molar-refractivity contribution >= 4 is 23.0 Å². The van der Waals surface area contributed by atoms with Crippen LogP contribution in [0.25, 0.3) is 11.2 Å². The molecule has 2 aromatic heterocycles. The molecule has 2 N–H and O–H groups in total. The molecule has 0 saturated heterocycles. The van der Waals surface area contributed by atoms with Gasteiger partial charge in [0.15, 0.2) is 5.65 Å². The normalized spacial score (nSPS) is 16.4. The standard InChI is InChI=1S/C12H12N4O2/c17-11(18)12(3-4-12)7-15-9-2-1-8-10(16-9)14-6-5-13-8/h1-2,5-6H,3-4,7H2,(H,17,18)(H,14,15,16). The lowest BCUT2D eigenvalue weighted by atomic mass is 10.1. The highest BCUT2D eigenvalue weighted by Crippen LogP contribution is 2.45. The van der Waals surface area contributed by atoms with Crippen LogP contribution in [0, 0.1) is 5.41 Å². The fourth-order valence-corrected chi connectivity index (χ4v) is 1.83. The van der Waals surface area contributed by atoms with Crippen LogP contribution in [0.2, 0.25) is 0 Å². The lowest BCUT2D eigenvalue weighted by Crippen LogP contribution is -2.24. The van der Waals surface area contributed by atoms with Gasteiger partial charge in [-0.2, -0.15) is 0 Å². The first-order valence-corrected chi connectivity index (χ1v) is 5.75. The summed E-state index contributed by atoms with van der Waals surface area (Å²) in [4.78, 5) is 23.6. The third-order valence-corrected chi connectivity index (χ3v) is 3.25. The van der Waals surface area contributed by atoms with Crippen molar-refractivity contribution in [3.63, 3.8) is 0 Å². The number of rotatable bonds is 4. The van der Waals surface area contributed by atoms with Crippen LogP contribution in [0.5, 0.6) is 0 Å². The van der Waals surface area contributed by atoms with Crippen LogP contribution >= 0.6 is 0 Å². The summed E-state index contributed by atoms with van der Waals surface area (Å²) in [7, 11) is 0. The molecule has 92 valence electrons. The highest BCUT2D eigenvalue weighted by molar-refractivity contribution is 5.78. The minimum absolute atomic E-state index is 0.404. The van der Waals surface area contributed by atoms with Crippen LogP contribution < -0.4 is 5.32 Å². The van der Waals surface area contributed by atoms with Gasteiger partial charge in [-0.1, -0.05) is 0 Å². The minimum Gasteiger partial charge on any atom is -0.481 e. The average Bonchev–Trinajstić information content (AvgIpc) is 3.17. The predicted molar refractivity (Wildman–Crippen MR) is 65.1 cm³/mol. The molecule has 3 rings (SSSR count). The zero-order valence-electron chi connectivity index (χ0n) is 9.63.